The zero-order valence-electron chi connectivity index (χ0n) is 15.5. The zero-order chi connectivity index (χ0) is 19.2. The van der Waals surface area contributed by atoms with Crippen LogP contribution < -0.4 is 10.6 Å². The summed E-state index contributed by atoms with van der Waals surface area (Å²) in [7, 11) is 1.66. The van der Waals surface area contributed by atoms with Crippen molar-refractivity contribution in [1.29, 1.82) is 0 Å². The average Bonchev–Trinajstić information content (AvgIpc) is 3.08. The Morgan fingerprint density at radius 2 is 2.11 bits per heavy atom. The lowest BCUT2D eigenvalue weighted by molar-refractivity contribution is 0.186. The van der Waals surface area contributed by atoms with Gasteiger partial charge in [-0.15, -0.1) is 10.2 Å². The van der Waals surface area contributed by atoms with Crippen LogP contribution in [-0.2, 0) is 11.3 Å². The van der Waals surface area contributed by atoms with Gasteiger partial charge in [-0.1, -0.05) is 6.07 Å². The van der Waals surface area contributed by atoms with Crippen LogP contribution in [-0.4, -0.2) is 43.6 Å². The lowest BCUT2D eigenvalue weighted by Gasteiger charge is -2.16. The van der Waals surface area contributed by atoms with E-state index in [-0.39, 0.29) is 11.8 Å². The minimum Gasteiger partial charge on any atom is -0.508 e. The van der Waals surface area contributed by atoms with E-state index >= 15 is 0 Å². The summed E-state index contributed by atoms with van der Waals surface area (Å²) >= 11 is 0. The number of anilines is 3. The van der Waals surface area contributed by atoms with E-state index in [9.17, 15) is 5.11 Å². The number of hydrogen-bond acceptors (Lipinski definition) is 8. The Hall–Kier alpha value is -3.20. The first kappa shape index (κ1) is 18.6. The summed E-state index contributed by atoms with van der Waals surface area (Å²) in [6, 6.07) is 8.56. The summed E-state index contributed by atoms with van der Waals surface area (Å²) < 4.78 is 7.07. The number of rotatable bonds is 8. The van der Waals surface area contributed by atoms with Gasteiger partial charge in [-0.2, -0.15) is 4.98 Å². The molecule has 0 spiro atoms. The minimum absolute atomic E-state index is 0.104. The molecule has 0 aliphatic heterocycles. The molecular formula is C18H23N7O2. The number of aromatic nitrogens is 5. The summed E-state index contributed by atoms with van der Waals surface area (Å²) in [5, 5.41) is 24.2. The van der Waals surface area contributed by atoms with E-state index in [1.165, 1.54) is 0 Å². The number of benzene rings is 1. The number of methoxy groups -OCH3 is 1. The lowest BCUT2D eigenvalue weighted by atomic mass is 10.3. The van der Waals surface area contributed by atoms with Crippen molar-refractivity contribution in [2.45, 2.75) is 26.4 Å². The van der Waals surface area contributed by atoms with E-state index < -0.39 is 0 Å². The first-order valence-electron chi connectivity index (χ1n) is 8.60. The van der Waals surface area contributed by atoms with Crippen molar-refractivity contribution in [2.75, 3.05) is 24.4 Å². The molecule has 2 aromatic heterocycles. The number of nitrogens with one attached hydrogen (secondary N) is 2. The van der Waals surface area contributed by atoms with E-state index in [0.717, 1.165) is 11.5 Å². The highest BCUT2D eigenvalue weighted by Gasteiger charge is 2.14. The maximum atomic E-state index is 9.60. The van der Waals surface area contributed by atoms with Crippen LogP contribution in [0.15, 0.2) is 36.7 Å². The topological polar surface area (TPSA) is 110 Å². The second-order valence-electron chi connectivity index (χ2n) is 6.13. The molecule has 0 radical (unpaired) electrons. The number of aromatic hydroxyl groups is 1. The quantitative estimate of drug-likeness (QED) is 0.556. The summed E-state index contributed by atoms with van der Waals surface area (Å²) in [6.07, 6.45) is 1.69. The van der Waals surface area contributed by atoms with E-state index in [2.05, 4.69) is 30.8 Å². The Kier molecular flexibility index (Phi) is 5.82. The highest BCUT2D eigenvalue weighted by molar-refractivity contribution is 5.57. The molecule has 0 amide bonds. The van der Waals surface area contributed by atoms with Crippen molar-refractivity contribution >= 4 is 17.5 Å². The monoisotopic (exact) mass is 369 g/mol. The molecule has 0 bridgehead atoms. The summed E-state index contributed by atoms with van der Waals surface area (Å²) in [4.78, 5) is 8.90. The SMILES string of the molecule is COCCn1cnnc1[C@H](C)Nc1cc(C)nc(Nc2cccc(O)c2)n1. The van der Waals surface area contributed by atoms with Crippen LogP contribution in [0.25, 0.3) is 0 Å². The third kappa shape index (κ3) is 4.91. The molecule has 1 aromatic carbocycles. The smallest absolute Gasteiger partial charge is 0.229 e. The highest BCUT2D eigenvalue weighted by Crippen LogP contribution is 2.21. The molecule has 1 atom stereocenters. The Morgan fingerprint density at radius 1 is 1.26 bits per heavy atom. The van der Waals surface area contributed by atoms with Gasteiger partial charge in [0.15, 0.2) is 5.82 Å². The van der Waals surface area contributed by atoms with Crippen LogP contribution in [0, 0.1) is 6.92 Å². The van der Waals surface area contributed by atoms with Crippen molar-refractivity contribution in [3.05, 3.63) is 48.2 Å². The number of aryl methyl sites for hydroxylation is 1. The molecule has 0 aliphatic rings. The maximum Gasteiger partial charge on any atom is 0.229 e. The van der Waals surface area contributed by atoms with Crippen LogP contribution in [0.2, 0.25) is 0 Å². The number of phenols is 1. The lowest BCUT2D eigenvalue weighted by Crippen LogP contribution is -2.16. The minimum atomic E-state index is -0.104. The van der Waals surface area contributed by atoms with Crippen molar-refractivity contribution < 1.29 is 9.84 Å². The fourth-order valence-electron chi connectivity index (χ4n) is 2.66. The predicted octanol–water partition coefficient (Wildman–Crippen LogP) is 2.65. The van der Waals surface area contributed by atoms with Gasteiger partial charge in [0.05, 0.1) is 12.6 Å². The van der Waals surface area contributed by atoms with Crippen molar-refractivity contribution in [3.63, 3.8) is 0 Å². The van der Waals surface area contributed by atoms with Crippen LogP contribution in [0.5, 0.6) is 5.75 Å². The van der Waals surface area contributed by atoms with Gasteiger partial charge in [0.1, 0.15) is 17.9 Å². The van der Waals surface area contributed by atoms with Crippen LogP contribution in [0.1, 0.15) is 24.5 Å². The Balaban J connectivity index is 1.75. The second kappa shape index (κ2) is 8.45. The highest BCUT2D eigenvalue weighted by atomic mass is 16.5. The van der Waals surface area contributed by atoms with E-state index in [1.54, 1.807) is 31.6 Å². The molecule has 0 saturated heterocycles. The fourth-order valence-corrected chi connectivity index (χ4v) is 2.66. The van der Waals surface area contributed by atoms with Crippen LogP contribution in [0.4, 0.5) is 17.5 Å². The van der Waals surface area contributed by atoms with Gasteiger partial charge < -0.3 is 25.0 Å². The Bertz CT molecular complexity index is 897. The Morgan fingerprint density at radius 3 is 2.89 bits per heavy atom. The van der Waals surface area contributed by atoms with Gasteiger partial charge >= 0.3 is 0 Å². The molecule has 142 valence electrons. The first-order chi connectivity index (χ1) is 13.0. The number of nitrogens with zero attached hydrogens (tertiary/aromatic N) is 5. The number of hydrogen-bond donors (Lipinski definition) is 3. The molecule has 2 heterocycles. The van der Waals surface area contributed by atoms with Gasteiger partial charge in [-0.25, -0.2) is 4.98 Å². The van der Waals surface area contributed by atoms with Crippen LogP contribution >= 0.6 is 0 Å². The normalized spacial score (nSPS) is 12.0. The van der Waals surface area contributed by atoms with Gasteiger partial charge in [-0.3, -0.25) is 0 Å². The molecule has 9 nitrogen and oxygen atoms in total. The summed E-state index contributed by atoms with van der Waals surface area (Å²) in [5.74, 6) is 2.08. The molecule has 3 aromatic rings. The van der Waals surface area contributed by atoms with Crippen molar-refractivity contribution in [3.8, 4) is 5.75 Å². The largest absolute Gasteiger partial charge is 0.508 e. The van der Waals surface area contributed by atoms with Gasteiger partial charge in [0.25, 0.3) is 0 Å². The molecule has 3 N–H and O–H groups in total. The third-order valence-corrected chi connectivity index (χ3v) is 3.89. The summed E-state index contributed by atoms with van der Waals surface area (Å²) in [5.41, 5.74) is 1.52. The summed E-state index contributed by atoms with van der Waals surface area (Å²) in [6.45, 7) is 5.15. The fraction of sp³-hybridized carbons (Fsp3) is 0.333. The van der Waals surface area contributed by atoms with Gasteiger partial charge in [0.2, 0.25) is 5.95 Å². The molecular weight excluding hydrogens is 346 g/mol. The molecule has 9 heteroatoms. The van der Waals surface area contributed by atoms with Crippen LogP contribution in [0.3, 0.4) is 0 Å². The average molecular weight is 369 g/mol. The molecule has 3 rings (SSSR count). The van der Waals surface area contributed by atoms with Crippen molar-refractivity contribution in [1.82, 2.24) is 24.7 Å². The predicted molar refractivity (Wildman–Crippen MR) is 102 cm³/mol. The van der Waals surface area contributed by atoms with Crippen molar-refractivity contribution in [2.24, 2.45) is 0 Å². The zero-order valence-corrected chi connectivity index (χ0v) is 15.5. The molecule has 27 heavy (non-hydrogen) atoms. The molecule has 0 aliphatic carbocycles. The maximum absolute atomic E-state index is 9.60. The number of ether oxygens (including phenoxy) is 1. The first-order valence-corrected chi connectivity index (χ1v) is 8.60. The standard InChI is InChI=1S/C18H23N7O2/c1-12-9-16(21-13(2)17-24-19-11-25(17)7-8-27-3)23-18(20-12)22-14-5-4-6-15(26)10-14/h4-6,9-11,13,26H,7-8H2,1-3H3,(H2,20,21,22,23)/t13-/m0/s1. The number of phenolic OH excluding ortho intramolecular Hbond substituents is 1. The molecule has 0 fully saturated rings. The Labute approximate surface area is 157 Å². The second-order valence-corrected chi connectivity index (χ2v) is 6.13. The third-order valence-electron chi connectivity index (χ3n) is 3.89. The van der Waals surface area contributed by atoms with E-state index in [4.69, 9.17) is 4.74 Å². The van der Waals surface area contributed by atoms with E-state index in [0.29, 0.717) is 30.6 Å². The van der Waals surface area contributed by atoms with Gasteiger partial charge in [0, 0.05) is 37.2 Å². The van der Waals surface area contributed by atoms with E-state index in [1.807, 2.05) is 30.5 Å². The molecule has 0 saturated carbocycles. The molecule has 0 unspecified atom stereocenters. The van der Waals surface area contributed by atoms with Gasteiger partial charge in [-0.05, 0) is 26.0 Å².